The second-order valence-electron chi connectivity index (χ2n) is 9.15. The molecule has 36 heavy (non-hydrogen) atoms. The summed E-state index contributed by atoms with van der Waals surface area (Å²) >= 11 is 0. The summed E-state index contributed by atoms with van der Waals surface area (Å²) in [5.74, 6) is 0.492. The van der Waals surface area contributed by atoms with Gasteiger partial charge in [-0.2, -0.15) is 4.98 Å². The predicted molar refractivity (Wildman–Crippen MR) is 142 cm³/mol. The third-order valence-electron chi connectivity index (χ3n) is 6.50. The summed E-state index contributed by atoms with van der Waals surface area (Å²) in [4.78, 5) is 41.9. The van der Waals surface area contributed by atoms with Crippen molar-refractivity contribution in [3.63, 3.8) is 0 Å². The zero-order valence-corrected chi connectivity index (χ0v) is 21.5. The molecular formula is C26H35N7O3. The topological polar surface area (TPSA) is 115 Å². The molecule has 3 heterocycles. The van der Waals surface area contributed by atoms with Gasteiger partial charge in [-0.05, 0) is 44.0 Å². The van der Waals surface area contributed by atoms with Crippen LogP contribution in [0, 0.1) is 13.8 Å². The first-order valence-electron chi connectivity index (χ1n) is 12.5. The Hall–Kier alpha value is -3.66. The molecule has 1 aliphatic rings. The number of fused-ring (bicyclic) bond motifs is 1. The minimum Gasteiger partial charge on any atom is -0.378 e. The first-order chi connectivity index (χ1) is 17.4. The Balaban J connectivity index is 1.54. The van der Waals surface area contributed by atoms with Crippen molar-refractivity contribution in [2.75, 3.05) is 62.0 Å². The van der Waals surface area contributed by atoms with Crippen LogP contribution in [0.4, 0.5) is 17.5 Å². The fraction of sp³-hybridized carbons (Fsp3) is 0.462. The minimum atomic E-state index is -0.342. The maximum atomic E-state index is 13.2. The molecule has 10 nitrogen and oxygen atoms in total. The van der Waals surface area contributed by atoms with E-state index in [1.165, 1.54) is 0 Å². The average molecular weight is 494 g/mol. The van der Waals surface area contributed by atoms with Crippen molar-refractivity contribution in [3.05, 3.63) is 41.2 Å². The van der Waals surface area contributed by atoms with E-state index in [-0.39, 0.29) is 24.1 Å². The Labute approximate surface area is 211 Å². The Morgan fingerprint density at radius 1 is 1.17 bits per heavy atom. The highest BCUT2D eigenvalue weighted by Crippen LogP contribution is 2.25. The first kappa shape index (κ1) is 25.4. The van der Waals surface area contributed by atoms with Crippen molar-refractivity contribution in [1.29, 1.82) is 0 Å². The van der Waals surface area contributed by atoms with Crippen LogP contribution in [0.5, 0.6) is 0 Å². The number of aromatic amines is 1. The monoisotopic (exact) mass is 493 g/mol. The molecule has 1 aliphatic heterocycles. The molecule has 0 unspecified atom stereocenters. The lowest BCUT2D eigenvalue weighted by Crippen LogP contribution is -2.38. The zero-order chi connectivity index (χ0) is 25.7. The van der Waals surface area contributed by atoms with E-state index >= 15 is 0 Å². The number of rotatable bonds is 9. The summed E-state index contributed by atoms with van der Waals surface area (Å²) in [5.41, 5.74) is 4.19. The van der Waals surface area contributed by atoms with Gasteiger partial charge in [0, 0.05) is 55.0 Å². The number of nitrogens with zero attached hydrogens (tertiary/aromatic N) is 4. The van der Waals surface area contributed by atoms with Gasteiger partial charge in [0.2, 0.25) is 11.9 Å². The van der Waals surface area contributed by atoms with E-state index in [9.17, 15) is 9.59 Å². The van der Waals surface area contributed by atoms with Crippen LogP contribution in [0.2, 0.25) is 0 Å². The third kappa shape index (κ3) is 5.93. The van der Waals surface area contributed by atoms with E-state index in [2.05, 4.69) is 39.4 Å². The van der Waals surface area contributed by atoms with Crippen LogP contribution in [-0.2, 0) is 9.53 Å². The molecule has 3 N–H and O–H groups in total. The van der Waals surface area contributed by atoms with Gasteiger partial charge in [-0.3, -0.25) is 9.59 Å². The molecule has 1 fully saturated rings. The number of carbonyl (C=O) groups excluding carboxylic acids is 2. The highest BCUT2D eigenvalue weighted by Gasteiger charge is 2.19. The Morgan fingerprint density at radius 3 is 2.69 bits per heavy atom. The molecule has 2 amide bonds. The third-order valence-corrected chi connectivity index (χ3v) is 6.50. The van der Waals surface area contributed by atoms with Gasteiger partial charge in [0.25, 0.3) is 5.91 Å². The molecule has 1 saturated heterocycles. The molecule has 2 aromatic heterocycles. The number of amides is 2. The number of morpholine rings is 1. The molecule has 192 valence electrons. The number of aryl methyl sites for hydroxylation is 2. The number of benzene rings is 1. The number of H-pyrrole nitrogens is 1. The van der Waals surface area contributed by atoms with Crippen molar-refractivity contribution < 1.29 is 14.3 Å². The first-order valence-corrected chi connectivity index (χ1v) is 12.5. The van der Waals surface area contributed by atoms with Crippen LogP contribution in [-0.4, -0.2) is 78.1 Å². The van der Waals surface area contributed by atoms with E-state index in [0.29, 0.717) is 50.3 Å². The van der Waals surface area contributed by atoms with E-state index < -0.39 is 0 Å². The predicted octanol–water partition coefficient (Wildman–Crippen LogP) is 3.33. The van der Waals surface area contributed by atoms with Crippen LogP contribution < -0.4 is 15.5 Å². The lowest BCUT2D eigenvalue weighted by atomic mass is 10.1. The van der Waals surface area contributed by atoms with Crippen LogP contribution >= 0.6 is 0 Å². The van der Waals surface area contributed by atoms with Gasteiger partial charge in [0.15, 0.2) is 0 Å². The molecule has 4 rings (SSSR count). The van der Waals surface area contributed by atoms with Crippen molar-refractivity contribution in [1.82, 2.24) is 19.9 Å². The number of aromatic nitrogens is 3. The van der Waals surface area contributed by atoms with Crippen LogP contribution in [0.25, 0.3) is 10.9 Å². The van der Waals surface area contributed by atoms with Gasteiger partial charge < -0.3 is 30.2 Å². The van der Waals surface area contributed by atoms with Gasteiger partial charge >= 0.3 is 0 Å². The summed E-state index contributed by atoms with van der Waals surface area (Å²) in [6, 6.07) is 7.37. The molecule has 0 radical (unpaired) electrons. The van der Waals surface area contributed by atoms with Gasteiger partial charge in [0.05, 0.1) is 19.8 Å². The average Bonchev–Trinajstić information content (AvgIpc) is 3.18. The van der Waals surface area contributed by atoms with Crippen LogP contribution in [0.1, 0.15) is 41.5 Å². The molecule has 3 aromatic rings. The van der Waals surface area contributed by atoms with E-state index in [1.54, 1.807) is 18.0 Å². The van der Waals surface area contributed by atoms with Crippen molar-refractivity contribution in [3.8, 4) is 0 Å². The Morgan fingerprint density at radius 2 is 1.94 bits per heavy atom. The number of anilines is 3. The highest BCUT2D eigenvalue weighted by atomic mass is 16.5. The molecule has 0 atom stereocenters. The zero-order valence-electron chi connectivity index (χ0n) is 21.5. The molecule has 0 aliphatic carbocycles. The fourth-order valence-corrected chi connectivity index (χ4v) is 4.10. The number of ether oxygens (including phenoxy) is 1. The van der Waals surface area contributed by atoms with Crippen LogP contribution in [0.15, 0.2) is 24.3 Å². The summed E-state index contributed by atoms with van der Waals surface area (Å²) in [6.45, 7) is 9.37. The molecule has 0 saturated carbocycles. The Bertz CT molecular complexity index is 1230. The van der Waals surface area contributed by atoms with E-state index in [4.69, 9.17) is 4.74 Å². The number of unbranched alkanes of at least 4 members (excludes halogenated alkanes) is 1. The Kier molecular flexibility index (Phi) is 8.04. The molecule has 0 spiro atoms. The molecule has 1 aromatic carbocycles. The van der Waals surface area contributed by atoms with Crippen molar-refractivity contribution >= 4 is 40.2 Å². The number of hydrogen-bond acceptors (Lipinski definition) is 7. The van der Waals surface area contributed by atoms with Gasteiger partial charge in [0.1, 0.15) is 11.5 Å². The molecular weight excluding hydrogens is 458 g/mol. The van der Waals surface area contributed by atoms with E-state index in [1.807, 2.05) is 30.0 Å². The normalized spacial score (nSPS) is 13.6. The maximum absolute atomic E-state index is 13.2. The lowest BCUT2D eigenvalue weighted by Gasteiger charge is -2.27. The second kappa shape index (κ2) is 11.4. The van der Waals surface area contributed by atoms with Crippen molar-refractivity contribution in [2.24, 2.45) is 0 Å². The molecule has 0 bridgehead atoms. The van der Waals surface area contributed by atoms with Crippen LogP contribution in [0.3, 0.4) is 0 Å². The van der Waals surface area contributed by atoms with Gasteiger partial charge in [-0.1, -0.05) is 13.3 Å². The number of likely N-dealkylation sites (N-methyl/N-ethyl adjacent to an activating group) is 1. The van der Waals surface area contributed by atoms with Gasteiger partial charge in [-0.15, -0.1) is 0 Å². The minimum absolute atomic E-state index is 0.0357. The lowest BCUT2D eigenvalue weighted by molar-refractivity contribution is -0.128. The second-order valence-corrected chi connectivity index (χ2v) is 9.15. The number of carbonyl (C=O) groups is 2. The summed E-state index contributed by atoms with van der Waals surface area (Å²) < 4.78 is 5.45. The van der Waals surface area contributed by atoms with E-state index in [0.717, 1.165) is 35.0 Å². The fourth-order valence-electron chi connectivity index (χ4n) is 4.10. The molecule has 10 heteroatoms. The summed E-state index contributed by atoms with van der Waals surface area (Å²) in [7, 11) is 1.79. The maximum Gasteiger partial charge on any atom is 0.274 e. The summed E-state index contributed by atoms with van der Waals surface area (Å²) in [5, 5.41) is 7.12. The number of nitrogens with one attached hydrogen (secondary N) is 3. The summed E-state index contributed by atoms with van der Waals surface area (Å²) in [6.07, 6.45) is 1.98. The highest BCUT2D eigenvalue weighted by molar-refractivity contribution is 6.04. The quantitative estimate of drug-likeness (QED) is 0.419. The SMILES string of the molecule is CCCCN(C)C(=O)CNc1cc(C(=O)Nc2ccc3[nH]c(C)c(C)c3c2)nc(N2CCOCC2)n1. The largest absolute Gasteiger partial charge is 0.378 e. The number of hydrogen-bond donors (Lipinski definition) is 3. The van der Waals surface area contributed by atoms with Gasteiger partial charge in [-0.25, -0.2) is 4.98 Å². The van der Waals surface area contributed by atoms with Crippen molar-refractivity contribution in [2.45, 2.75) is 33.6 Å². The smallest absolute Gasteiger partial charge is 0.274 e. The standard InChI is InChI=1S/C26H35N7O3/c1-5-6-9-32(4)24(34)16-27-23-15-22(30-26(31-23)33-10-12-36-13-11-33)25(35)29-19-7-8-21-20(14-19)17(2)18(3)28-21/h7-8,14-15,28H,5-6,9-13,16H2,1-4H3,(H,29,35)(H,27,30,31).